The summed E-state index contributed by atoms with van der Waals surface area (Å²) in [6.07, 6.45) is 2.58. The molecule has 1 atom stereocenters. The number of rotatable bonds is 5. The summed E-state index contributed by atoms with van der Waals surface area (Å²) >= 11 is 0. The molecule has 0 saturated carbocycles. The zero-order chi connectivity index (χ0) is 22.7. The number of hydrogen-bond donors (Lipinski definition) is 3. The largest absolute Gasteiger partial charge is 0.383 e. The summed E-state index contributed by atoms with van der Waals surface area (Å²) in [5.41, 5.74) is 12.5. The van der Waals surface area contributed by atoms with E-state index in [1.165, 1.54) is 5.56 Å². The van der Waals surface area contributed by atoms with Gasteiger partial charge in [-0.3, -0.25) is 10.4 Å². The van der Waals surface area contributed by atoms with Gasteiger partial charge in [-0.25, -0.2) is 0 Å². The molecular weight excluding hydrogens is 401 g/mol. The first kappa shape index (κ1) is 21.6. The van der Waals surface area contributed by atoms with Crippen LogP contribution in [0.3, 0.4) is 0 Å². The van der Waals surface area contributed by atoms with Crippen LogP contribution in [0.25, 0.3) is 11.1 Å². The van der Waals surface area contributed by atoms with Crippen LogP contribution in [0.5, 0.6) is 0 Å². The summed E-state index contributed by atoms with van der Waals surface area (Å²) in [6.45, 7) is 4.93. The van der Waals surface area contributed by atoms with Crippen LogP contribution >= 0.6 is 0 Å². The second-order valence-corrected chi connectivity index (χ2v) is 8.13. The number of amidine groups is 1. The quantitative estimate of drug-likeness (QED) is 0.401. The number of aryl methyl sites for hydroxylation is 1. The van der Waals surface area contributed by atoms with Gasteiger partial charge in [-0.05, 0) is 60.2 Å². The lowest BCUT2D eigenvalue weighted by Crippen LogP contribution is -2.40. The number of benzene rings is 2. The van der Waals surface area contributed by atoms with Gasteiger partial charge >= 0.3 is 0 Å². The van der Waals surface area contributed by atoms with Crippen molar-refractivity contribution in [1.82, 2.24) is 15.2 Å². The normalized spacial score (nSPS) is 16.2. The van der Waals surface area contributed by atoms with E-state index >= 15 is 0 Å². The Morgan fingerprint density at radius 2 is 1.91 bits per heavy atom. The van der Waals surface area contributed by atoms with Crippen LogP contribution in [0.4, 0.5) is 4.39 Å². The molecule has 1 aliphatic heterocycles. The van der Waals surface area contributed by atoms with Crippen LogP contribution in [0, 0.1) is 12.3 Å². The lowest BCUT2D eigenvalue weighted by atomic mass is 9.93. The van der Waals surface area contributed by atoms with Crippen LogP contribution in [0.15, 0.2) is 78.5 Å². The standard InChI is InChI=1S/C26H28FN5/c1-17-15-22(11-13-30-17)20-9-7-19(8-10-20)16-31-25(28)24(27)26(29)32-14-12-21-5-3-4-6-23(21)18(32)2/h3-11,13,15,18,29,31H,12,14,16,28H2,1-2H3/b25-24-,29-26?. The second-order valence-electron chi connectivity index (χ2n) is 8.13. The Hall–Kier alpha value is -3.67. The van der Waals surface area contributed by atoms with Gasteiger partial charge in [-0.15, -0.1) is 0 Å². The summed E-state index contributed by atoms with van der Waals surface area (Å²) in [5.74, 6) is -1.02. The monoisotopic (exact) mass is 429 g/mol. The van der Waals surface area contributed by atoms with Crippen LogP contribution in [0.1, 0.15) is 35.3 Å². The first-order valence-electron chi connectivity index (χ1n) is 10.8. The summed E-state index contributed by atoms with van der Waals surface area (Å²) in [6, 6.07) is 20.1. The van der Waals surface area contributed by atoms with Gasteiger partial charge in [-0.2, -0.15) is 4.39 Å². The molecular formula is C26H28FN5. The molecule has 0 radical (unpaired) electrons. The van der Waals surface area contributed by atoms with Crippen molar-refractivity contribution in [2.75, 3.05) is 6.54 Å². The average molecular weight is 430 g/mol. The Balaban J connectivity index is 1.41. The molecule has 4 N–H and O–H groups in total. The number of fused-ring (bicyclic) bond motifs is 1. The van der Waals surface area contributed by atoms with E-state index in [9.17, 15) is 4.39 Å². The molecule has 2 aromatic carbocycles. The van der Waals surface area contributed by atoms with Crippen molar-refractivity contribution in [3.63, 3.8) is 0 Å². The Morgan fingerprint density at radius 3 is 2.66 bits per heavy atom. The number of aromatic nitrogens is 1. The molecule has 0 bridgehead atoms. The van der Waals surface area contributed by atoms with E-state index < -0.39 is 5.83 Å². The smallest absolute Gasteiger partial charge is 0.204 e. The first-order chi connectivity index (χ1) is 15.4. The average Bonchev–Trinajstić information content (AvgIpc) is 2.82. The summed E-state index contributed by atoms with van der Waals surface area (Å²) in [4.78, 5) is 5.99. The fourth-order valence-corrected chi connectivity index (χ4v) is 4.15. The molecule has 0 amide bonds. The molecule has 32 heavy (non-hydrogen) atoms. The molecule has 0 aliphatic carbocycles. The highest BCUT2D eigenvalue weighted by molar-refractivity contribution is 5.94. The van der Waals surface area contributed by atoms with Gasteiger partial charge in [-0.1, -0.05) is 48.5 Å². The third-order valence-electron chi connectivity index (χ3n) is 5.99. The zero-order valence-electron chi connectivity index (χ0n) is 18.4. The molecule has 3 aromatic rings. The fourth-order valence-electron chi connectivity index (χ4n) is 4.15. The maximum Gasteiger partial charge on any atom is 0.204 e. The minimum absolute atomic E-state index is 0.0737. The molecule has 1 aliphatic rings. The maximum absolute atomic E-state index is 15.0. The predicted octanol–water partition coefficient (Wildman–Crippen LogP) is 4.84. The Bertz CT molecular complexity index is 1150. The highest BCUT2D eigenvalue weighted by Crippen LogP contribution is 2.30. The molecule has 1 aromatic heterocycles. The Morgan fingerprint density at radius 1 is 1.16 bits per heavy atom. The highest BCUT2D eigenvalue weighted by Gasteiger charge is 2.28. The van der Waals surface area contributed by atoms with Crippen LogP contribution in [-0.2, 0) is 13.0 Å². The lowest BCUT2D eigenvalue weighted by molar-refractivity contribution is 0.311. The van der Waals surface area contributed by atoms with Crippen LogP contribution in [0.2, 0.25) is 0 Å². The van der Waals surface area contributed by atoms with Gasteiger partial charge < -0.3 is 16.0 Å². The van der Waals surface area contributed by atoms with Gasteiger partial charge in [0.1, 0.15) is 5.82 Å². The van der Waals surface area contributed by atoms with E-state index in [0.717, 1.165) is 34.4 Å². The number of halogens is 1. The second kappa shape index (κ2) is 9.22. The van der Waals surface area contributed by atoms with E-state index in [1.807, 2.05) is 68.4 Å². The van der Waals surface area contributed by atoms with Gasteiger partial charge in [0.15, 0.2) is 5.84 Å². The van der Waals surface area contributed by atoms with Crippen molar-refractivity contribution in [2.45, 2.75) is 32.9 Å². The van der Waals surface area contributed by atoms with E-state index in [2.05, 4.69) is 16.4 Å². The van der Waals surface area contributed by atoms with Crippen molar-refractivity contribution in [1.29, 1.82) is 5.41 Å². The summed E-state index contributed by atoms with van der Waals surface area (Å²) in [5, 5.41) is 11.3. The minimum Gasteiger partial charge on any atom is -0.383 e. The zero-order valence-corrected chi connectivity index (χ0v) is 18.4. The number of nitrogens with one attached hydrogen (secondary N) is 2. The van der Waals surface area contributed by atoms with E-state index in [-0.39, 0.29) is 17.7 Å². The van der Waals surface area contributed by atoms with Gasteiger partial charge in [0.05, 0.1) is 6.04 Å². The van der Waals surface area contributed by atoms with Gasteiger partial charge in [0.25, 0.3) is 0 Å². The number of nitrogens with zero attached hydrogens (tertiary/aromatic N) is 2. The number of nitrogens with two attached hydrogens (primary N) is 1. The van der Waals surface area contributed by atoms with Gasteiger partial charge in [0.2, 0.25) is 5.83 Å². The van der Waals surface area contributed by atoms with Crippen molar-refractivity contribution in [3.05, 3.63) is 101 Å². The topological polar surface area (TPSA) is 78.0 Å². The first-order valence-corrected chi connectivity index (χ1v) is 10.8. The minimum atomic E-state index is -0.722. The van der Waals surface area contributed by atoms with Crippen LogP contribution < -0.4 is 11.1 Å². The molecule has 0 spiro atoms. The third kappa shape index (κ3) is 4.49. The lowest BCUT2D eigenvalue weighted by Gasteiger charge is -2.36. The van der Waals surface area contributed by atoms with Crippen molar-refractivity contribution < 1.29 is 4.39 Å². The number of pyridine rings is 1. The Labute approximate surface area is 188 Å². The SMILES string of the molecule is Cc1cc(-c2ccc(CN/C(N)=C(\F)C(=N)N3CCc4ccccc4C3C)cc2)ccn1. The molecule has 6 heteroatoms. The number of hydrogen-bond acceptors (Lipinski definition) is 4. The molecule has 1 unspecified atom stereocenters. The fraction of sp³-hybridized carbons (Fsp3) is 0.231. The van der Waals surface area contributed by atoms with Gasteiger partial charge in [0, 0.05) is 25.0 Å². The van der Waals surface area contributed by atoms with Crippen molar-refractivity contribution in [2.24, 2.45) is 5.73 Å². The Kier molecular flexibility index (Phi) is 6.21. The van der Waals surface area contributed by atoms with Crippen molar-refractivity contribution >= 4 is 5.84 Å². The molecule has 5 nitrogen and oxygen atoms in total. The predicted molar refractivity (Wildman–Crippen MR) is 127 cm³/mol. The van der Waals surface area contributed by atoms with E-state index in [4.69, 9.17) is 11.1 Å². The molecule has 2 heterocycles. The molecule has 0 saturated heterocycles. The maximum atomic E-state index is 15.0. The van der Waals surface area contributed by atoms with E-state index in [1.54, 1.807) is 11.1 Å². The highest BCUT2D eigenvalue weighted by atomic mass is 19.1. The summed E-state index contributed by atoms with van der Waals surface area (Å²) in [7, 11) is 0. The molecule has 164 valence electrons. The van der Waals surface area contributed by atoms with Crippen molar-refractivity contribution in [3.8, 4) is 11.1 Å². The molecule has 4 rings (SSSR count). The third-order valence-corrected chi connectivity index (χ3v) is 5.99. The molecule has 0 fully saturated rings. The summed E-state index contributed by atoms with van der Waals surface area (Å²) < 4.78 is 15.0. The van der Waals surface area contributed by atoms with E-state index in [0.29, 0.717) is 13.1 Å². The van der Waals surface area contributed by atoms with Crippen LogP contribution in [-0.4, -0.2) is 22.3 Å².